The highest BCUT2D eigenvalue weighted by Crippen LogP contribution is 2.47. The van der Waals surface area contributed by atoms with Crippen LogP contribution in [0.15, 0.2) is 54.7 Å². The van der Waals surface area contributed by atoms with Crippen LogP contribution in [0.4, 0.5) is 23.5 Å². The molecule has 1 saturated heterocycles. The molecule has 3 aromatic rings. The van der Waals surface area contributed by atoms with Crippen molar-refractivity contribution < 1.29 is 22.4 Å². The first-order valence-corrected chi connectivity index (χ1v) is 13.5. The lowest BCUT2D eigenvalue weighted by molar-refractivity contribution is -0.137. The molecule has 39 heavy (non-hydrogen) atoms. The molecule has 1 saturated carbocycles. The van der Waals surface area contributed by atoms with E-state index in [2.05, 4.69) is 22.1 Å². The fraction of sp³-hybridized carbons (Fsp3) is 0.433. The van der Waals surface area contributed by atoms with E-state index in [4.69, 9.17) is 4.98 Å². The summed E-state index contributed by atoms with van der Waals surface area (Å²) in [5.41, 5.74) is 1.12. The highest BCUT2D eigenvalue weighted by molar-refractivity contribution is 5.95. The van der Waals surface area contributed by atoms with Gasteiger partial charge in [0.2, 0.25) is 5.95 Å². The lowest BCUT2D eigenvalue weighted by Gasteiger charge is -2.34. The van der Waals surface area contributed by atoms with Gasteiger partial charge in [0, 0.05) is 31.2 Å². The van der Waals surface area contributed by atoms with Crippen molar-refractivity contribution in [3.63, 3.8) is 0 Å². The Morgan fingerprint density at radius 3 is 2.28 bits per heavy atom. The molecule has 2 heterocycles. The molecule has 9 heteroatoms. The third kappa shape index (κ3) is 5.77. The van der Waals surface area contributed by atoms with Crippen LogP contribution in [0.25, 0.3) is 0 Å². The van der Waals surface area contributed by atoms with Gasteiger partial charge >= 0.3 is 6.18 Å². The molecule has 0 radical (unpaired) electrons. The molecular weight excluding hydrogens is 508 g/mol. The molecule has 0 atom stereocenters. The second-order valence-corrected chi connectivity index (χ2v) is 10.8. The number of anilines is 1. The standard InChI is InChI=1S/C30H32F4N4O/c1-20-12-16-38(17-13-20)28-36-19-25(27(39)35-18-21-4-6-23(7-5-21)30(32,33)34)26(37-28)29(14-2-3-15-29)22-8-10-24(31)11-9-22/h4-11,19-20H,2-3,12-18H2,1H3,(H,35,39). The maximum absolute atomic E-state index is 13.8. The minimum absolute atomic E-state index is 0.0612. The van der Waals surface area contributed by atoms with Gasteiger partial charge < -0.3 is 10.2 Å². The molecule has 5 nitrogen and oxygen atoms in total. The van der Waals surface area contributed by atoms with E-state index in [-0.39, 0.29) is 12.4 Å². The number of hydrogen-bond acceptors (Lipinski definition) is 4. The second-order valence-electron chi connectivity index (χ2n) is 10.8. The topological polar surface area (TPSA) is 58.1 Å². The minimum atomic E-state index is -4.42. The van der Waals surface area contributed by atoms with Crippen LogP contribution in [0.3, 0.4) is 0 Å². The molecule has 1 aromatic heterocycles. The zero-order chi connectivity index (χ0) is 27.6. The number of carbonyl (C=O) groups is 1. The quantitative estimate of drug-likeness (QED) is 0.355. The normalized spacial score (nSPS) is 17.8. The van der Waals surface area contributed by atoms with Gasteiger partial charge in [0.15, 0.2) is 0 Å². The van der Waals surface area contributed by atoms with Crippen LogP contribution in [0, 0.1) is 11.7 Å². The Morgan fingerprint density at radius 1 is 1.03 bits per heavy atom. The van der Waals surface area contributed by atoms with Crippen LogP contribution in [0.1, 0.15) is 78.2 Å². The van der Waals surface area contributed by atoms with Crippen LogP contribution in [-0.4, -0.2) is 29.0 Å². The van der Waals surface area contributed by atoms with Gasteiger partial charge in [-0.1, -0.05) is 44.0 Å². The van der Waals surface area contributed by atoms with Gasteiger partial charge in [-0.3, -0.25) is 4.79 Å². The number of carbonyl (C=O) groups excluding carboxylic acids is 1. The van der Waals surface area contributed by atoms with Crippen molar-refractivity contribution in [2.75, 3.05) is 18.0 Å². The third-order valence-electron chi connectivity index (χ3n) is 8.13. The number of alkyl halides is 3. The summed E-state index contributed by atoms with van der Waals surface area (Å²) in [6, 6.07) is 11.2. The van der Waals surface area contributed by atoms with E-state index < -0.39 is 23.1 Å². The Balaban J connectivity index is 1.48. The third-order valence-corrected chi connectivity index (χ3v) is 8.13. The van der Waals surface area contributed by atoms with Crippen molar-refractivity contribution in [3.05, 3.63) is 88.5 Å². The van der Waals surface area contributed by atoms with Gasteiger partial charge in [0.05, 0.1) is 16.8 Å². The Morgan fingerprint density at radius 2 is 1.67 bits per heavy atom. The summed E-state index contributed by atoms with van der Waals surface area (Å²) >= 11 is 0. The van der Waals surface area contributed by atoms with Crippen LogP contribution in [0.2, 0.25) is 0 Å². The number of nitrogens with one attached hydrogen (secondary N) is 1. The number of aromatic nitrogens is 2. The Labute approximate surface area is 225 Å². The summed E-state index contributed by atoms with van der Waals surface area (Å²) in [6.45, 7) is 3.97. The van der Waals surface area contributed by atoms with E-state index in [1.807, 2.05) is 0 Å². The summed E-state index contributed by atoms with van der Waals surface area (Å²) in [4.78, 5) is 25.3. The first kappa shape index (κ1) is 27.1. The number of benzene rings is 2. The molecule has 0 spiro atoms. The van der Waals surface area contributed by atoms with Gasteiger partial charge in [0.25, 0.3) is 5.91 Å². The zero-order valence-electron chi connectivity index (χ0n) is 21.9. The van der Waals surface area contributed by atoms with E-state index in [1.54, 1.807) is 18.3 Å². The van der Waals surface area contributed by atoms with Gasteiger partial charge in [0.1, 0.15) is 5.82 Å². The summed E-state index contributed by atoms with van der Waals surface area (Å²) < 4.78 is 52.6. The minimum Gasteiger partial charge on any atom is -0.348 e. The maximum Gasteiger partial charge on any atom is 0.416 e. The van der Waals surface area contributed by atoms with Crippen LogP contribution >= 0.6 is 0 Å². The number of rotatable bonds is 6. The molecule has 0 unspecified atom stereocenters. The van der Waals surface area contributed by atoms with Gasteiger partial charge in [-0.15, -0.1) is 0 Å². The molecule has 0 bridgehead atoms. The Kier molecular flexibility index (Phi) is 7.60. The summed E-state index contributed by atoms with van der Waals surface area (Å²) in [5.74, 6) is 0.505. The fourth-order valence-electron chi connectivity index (χ4n) is 5.76. The van der Waals surface area contributed by atoms with Crippen molar-refractivity contribution in [2.24, 2.45) is 5.92 Å². The lowest BCUT2D eigenvalue weighted by atomic mass is 9.74. The molecule has 1 aliphatic heterocycles. The highest BCUT2D eigenvalue weighted by Gasteiger charge is 2.42. The van der Waals surface area contributed by atoms with Crippen molar-refractivity contribution >= 4 is 11.9 Å². The predicted octanol–water partition coefficient (Wildman–Crippen LogP) is 6.66. The number of piperidine rings is 1. The number of amides is 1. The van der Waals surface area contributed by atoms with Crippen molar-refractivity contribution in [2.45, 2.75) is 63.6 Å². The molecule has 2 aromatic carbocycles. The van der Waals surface area contributed by atoms with E-state index in [0.717, 1.165) is 69.3 Å². The van der Waals surface area contributed by atoms with E-state index in [0.29, 0.717) is 28.7 Å². The lowest BCUT2D eigenvalue weighted by Crippen LogP contribution is -2.37. The van der Waals surface area contributed by atoms with Gasteiger partial charge in [-0.25, -0.2) is 14.4 Å². The van der Waals surface area contributed by atoms with E-state index in [1.165, 1.54) is 24.3 Å². The molecule has 2 aliphatic rings. The van der Waals surface area contributed by atoms with Crippen LogP contribution in [-0.2, 0) is 18.1 Å². The molecule has 1 aliphatic carbocycles. The van der Waals surface area contributed by atoms with Crippen molar-refractivity contribution in [1.82, 2.24) is 15.3 Å². The second kappa shape index (κ2) is 10.9. The van der Waals surface area contributed by atoms with Gasteiger partial charge in [-0.2, -0.15) is 13.2 Å². The smallest absolute Gasteiger partial charge is 0.348 e. The highest BCUT2D eigenvalue weighted by atomic mass is 19.4. The summed E-state index contributed by atoms with van der Waals surface area (Å²) in [7, 11) is 0. The van der Waals surface area contributed by atoms with Gasteiger partial charge in [-0.05, 0) is 67.0 Å². The zero-order valence-corrected chi connectivity index (χ0v) is 21.9. The number of hydrogen-bond donors (Lipinski definition) is 1. The number of halogens is 4. The average Bonchev–Trinajstić information content (AvgIpc) is 3.43. The van der Waals surface area contributed by atoms with Crippen molar-refractivity contribution in [3.8, 4) is 0 Å². The first-order valence-electron chi connectivity index (χ1n) is 13.5. The molecule has 5 rings (SSSR count). The van der Waals surface area contributed by atoms with Crippen molar-refractivity contribution in [1.29, 1.82) is 0 Å². The van der Waals surface area contributed by atoms with Crippen LogP contribution in [0.5, 0.6) is 0 Å². The first-order chi connectivity index (χ1) is 18.7. The predicted molar refractivity (Wildman–Crippen MR) is 141 cm³/mol. The molecule has 2 fully saturated rings. The monoisotopic (exact) mass is 540 g/mol. The number of nitrogens with zero attached hydrogens (tertiary/aromatic N) is 3. The average molecular weight is 541 g/mol. The largest absolute Gasteiger partial charge is 0.416 e. The Hall–Kier alpha value is -3.49. The Bertz CT molecular complexity index is 1290. The molecule has 206 valence electrons. The van der Waals surface area contributed by atoms with E-state index >= 15 is 0 Å². The molecule has 1 amide bonds. The fourth-order valence-corrected chi connectivity index (χ4v) is 5.76. The van der Waals surface area contributed by atoms with E-state index in [9.17, 15) is 22.4 Å². The SMILES string of the molecule is CC1CCN(c2ncc(C(=O)NCc3ccc(C(F)(F)F)cc3)c(C3(c4ccc(F)cc4)CCCC3)n2)CC1. The molecule has 1 N–H and O–H groups in total. The maximum atomic E-state index is 13.8. The van der Waals surface area contributed by atoms with Crippen LogP contribution < -0.4 is 10.2 Å². The summed E-state index contributed by atoms with van der Waals surface area (Å²) in [5, 5.41) is 2.85. The molecular formula is C30H32F4N4O. The summed E-state index contributed by atoms with van der Waals surface area (Å²) in [6.07, 6.45) is 2.67.